The van der Waals surface area contributed by atoms with Crippen LogP contribution in [0.15, 0.2) is 70.7 Å². The van der Waals surface area contributed by atoms with Crippen molar-refractivity contribution in [2.75, 3.05) is 11.4 Å². The molecule has 0 saturated carbocycles. The van der Waals surface area contributed by atoms with Crippen LogP contribution in [0.3, 0.4) is 0 Å². The zero-order valence-electron chi connectivity index (χ0n) is 12.3. The predicted molar refractivity (Wildman–Crippen MR) is 89.7 cm³/mol. The Balaban J connectivity index is 1.78. The summed E-state index contributed by atoms with van der Waals surface area (Å²) in [4.78, 5) is 12.7. The fraction of sp³-hybridized carbons (Fsp3) is 0.111. The number of benzene rings is 2. The second-order valence-electron chi connectivity index (χ2n) is 5.28. The first kappa shape index (κ1) is 14.2. The monoisotopic (exact) mass is 323 g/mol. The summed E-state index contributed by atoms with van der Waals surface area (Å²) in [5, 5.41) is 0. The minimum absolute atomic E-state index is 0.196. The third-order valence-corrected chi connectivity index (χ3v) is 4.80. The molecular formula is C18H14FN3S. The van der Waals surface area contributed by atoms with Crippen LogP contribution >= 0.6 is 11.8 Å². The topological polar surface area (TPSA) is 29.0 Å². The maximum absolute atomic E-state index is 14.0. The molecule has 0 atom stereocenters. The quantitative estimate of drug-likeness (QED) is 0.711. The van der Waals surface area contributed by atoms with Crippen molar-refractivity contribution in [1.82, 2.24) is 9.97 Å². The van der Waals surface area contributed by atoms with Gasteiger partial charge in [0.1, 0.15) is 5.82 Å². The highest BCUT2D eigenvalue weighted by Crippen LogP contribution is 2.43. The van der Waals surface area contributed by atoms with Crippen LogP contribution in [0.2, 0.25) is 0 Å². The smallest absolute Gasteiger partial charge is 0.229 e. The van der Waals surface area contributed by atoms with Crippen molar-refractivity contribution in [3.63, 3.8) is 0 Å². The van der Waals surface area contributed by atoms with Gasteiger partial charge in [-0.25, -0.2) is 14.4 Å². The van der Waals surface area contributed by atoms with E-state index in [0.29, 0.717) is 5.95 Å². The molecule has 0 N–H and O–H groups in total. The minimum Gasteiger partial charge on any atom is -0.309 e. The average molecular weight is 323 g/mol. The van der Waals surface area contributed by atoms with Crippen molar-refractivity contribution in [3.8, 4) is 0 Å². The SMILES string of the molecule is Fc1cc2c(c(Sc3ccccc3)c1)N(c1ncccn1)CC2. The van der Waals surface area contributed by atoms with E-state index in [1.54, 1.807) is 42.4 Å². The number of aromatic nitrogens is 2. The normalized spacial score (nSPS) is 13.2. The van der Waals surface area contributed by atoms with Crippen molar-refractivity contribution in [3.05, 3.63) is 72.3 Å². The molecule has 23 heavy (non-hydrogen) atoms. The van der Waals surface area contributed by atoms with E-state index in [2.05, 4.69) is 14.9 Å². The zero-order chi connectivity index (χ0) is 15.6. The van der Waals surface area contributed by atoms with Gasteiger partial charge in [-0.3, -0.25) is 0 Å². The first-order chi connectivity index (χ1) is 11.3. The molecule has 114 valence electrons. The van der Waals surface area contributed by atoms with Gasteiger partial charge in [-0.15, -0.1) is 0 Å². The number of hydrogen-bond donors (Lipinski definition) is 0. The van der Waals surface area contributed by atoms with Gasteiger partial charge in [-0.2, -0.15) is 0 Å². The summed E-state index contributed by atoms with van der Waals surface area (Å²) in [7, 11) is 0. The summed E-state index contributed by atoms with van der Waals surface area (Å²) in [5.41, 5.74) is 2.03. The summed E-state index contributed by atoms with van der Waals surface area (Å²) in [6.07, 6.45) is 4.26. The van der Waals surface area contributed by atoms with E-state index in [-0.39, 0.29) is 5.82 Å². The Bertz CT molecular complexity index is 824. The van der Waals surface area contributed by atoms with Crippen LogP contribution in [0.1, 0.15) is 5.56 Å². The summed E-state index contributed by atoms with van der Waals surface area (Å²) in [6, 6.07) is 15.0. The minimum atomic E-state index is -0.196. The molecule has 0 radical (unpaired) electrons. The van der Waals surface area contributed by atoms with Crippen molar-refractivity contribution >= 4 is 23.4 Å². The molecule has 0 aliphatic carbocycles. The molecule has 2 aromatic carbocycles. The largest absolute Gasteiger partial charge is 0.309 e. The Morgan fingerprint density at radius 3 is 2.57 bits per heavy atom. The van der Waals surface area contributed by atoms with Gasteiger partial charge in [0.25, 0.3) is 0 Å². The van der Waals surface area contributed by atoms with Gasteiger partial charge in [0.05, 0.1) is 5.69 Å². The van der Waals surface area contributed by atoms with E-state index in [4.69, 9.17) is 0 Å². The molecule has 0 spiro atoms. The van der Waals surface area contributed by atoms with Gasteiger partial charge in [0.15, 0.2) is 0 Å². The van der Waals surface area contributed by atoms with Gasteiger partial charge >= 0.3 is 0 Å². The van der Waals surface area contributed by atoms with Crippen LogP contribution in [0.4, 0.5) is 16.0 Å². The van der Waals surface area contributed by atoms with Crippen LogP contribution in [-0.4, -0.2) is 16.5 Å². The summed E-state index contributed by atoms with van der Waals surface area (Å²) >= 11 is 1.57. The third kappa shape index (κ3) is 2.80. The van der Waals surface area contributed by atoms with Gasteiger partial charge in [-0.05, 0) is 42.3 Å². The molecule has 0 fully saturated rings. The summed E-state index contributed by atoms with van der Waals surface area (Å²) < 4.78 is 14.0. The number of nitrogens with zero attached hydrogens (tertiary/aromatic N) is 3. The van der Waals surface area contributed by atoms with Gasteiger partial charge in [-0.1, -0.05) is 30.0 Å². The van der Waals surface area contributed by atoms with E-state index in [1.165, 1.54) is 0 Å². The Hall–Kier alpha value is -2.40. The van der Waals surface area contributed by atoms with Crippen LogP contribution in [0.25, 0.3) is 0 Å². The van der Waals surface area contributed by atoms with Crippen molar-refractivity contribution in [2.45, 2.75) is 16.2 Å². The fourth-order valence-electron chi connectivity index (χ4n) is 2.79. The Morgan fingerprint density at radius 2 is 1.78 bits per heavy atom. The molecule has 2 heterocycles. The van der Waals surface area contributed by atoms with E-state index in [1.807, 2.05) is 30.3 Å². The summed E-state index contributed by atoms with van der Waals surface area (Å²) in [5.74, 6) is 0.464. The number of fused-ring (bicyclic) bond motifs is 1. The first-order valence-electron chi connectivity index (χ1n) is 7.41. The predicted octanol–water partition coefficient (Wildman–Crippen LogP) is 4.46. The Labute approximate surface area is 138 Å². The maximum Gasteiger partial charge on any atom is 0.229 e. The number of halogens is 1. The molecule has 3 aromatic rings. The molecule has 5 heteroatoms. The maximum atomic E-state index is 14.0. The number of anilines is 2. The van der Waals surface area contributed by atoms with Crippen molar-refractivity contribution in [2.24, 2.45) is 0 Å². The van der Waals surface area contributed by atoms with Crippen LogP contribution in [0, 0.1) is 5.82 Å². The second-order valence-corrected chi connectivity index (χ2v) is 6.39. The molecule has 0 amide bonds. The third-order valence-electron chi connectivity index (χ3n) is 3.76. The van der Waals surface area contributed by atoms with Crippen LogP contribution < -0.4 is 4.90 Å². The van der Waals surface area contributed by atoms with E-state index in [9.17, 15) is 4.39 Å². The first-order valence-corrected chi connectivity index (χ1v) is 8.23. The van der Waals surface area contributed by atoms with Gasteiger partial charge < -0.3 is 4.90 Å². The van der Waals surface area contributed by atoms with E-state index in [0.717, 1.165) is 34.0 Å². The summed E-state index contributed by atoms with van der Waals surface area (Å²) in [6.45, 7) is 0.769. The fourth-order valence-corrected chi connectivity index (χ4v) is 3.85. The lowest BCUT2D eigenvalue weighted by Crippen LogP contribution is -2.16. The molecule has 1 aliphatic rings. The van der Waals surface area contributed by atoms with Crippen molar-refractivity contribution < 1.29 is 4.39 Å². The molecule has 4 rings (SSSR count). The number of rotatable bonds is 3. The molecule has 0 unspecified atom stereocenters. The molecule has 1 aromatic heterocycles. The standard InChI is InChI=1S/C18H14FN3S/c19-14-11-13-7-10-22(18-20-8-4-9-21-18)17(13)16(12-14)23-15-5-2-1-3-6-15/h1-6,8-9,11-12H,7,10H2. The van der Waals surface area contributed by atoms with Crippen LogP contribution in [0.5, 0.6) is 0 Å². The molecule has 1 aliphatic heterocycles. The van der Waals surface area contributed by atoms with Crippen LogP contribution in [-0.2, 0) is 6.42 Å². The number of hydrogen-bond acceptors (Lipinski definition) is 4. The highest BCUT2D eigenvalue weighted by Gasteiger charge is 2.26. The zero-order valence-corrected chi connectivity index (χ0v) is 13.1. The Kier molecular flexibility index (Phi) is 3.71. The average Bonchev–Trinajstić information content (AvgIpc) is 3.00. The molecule has 0 saturated heterocycles. The van der Waals surface area contributed by atoms with E-state index < -0.39 is 0 Å². The molecular weight excluding hydrogens is 309 g/mol. The Morgan fingerprint density at radius 1 is 1.00 bits per heavy atom. The second kappa shape index (κ2) is 6.01. The van der Waals surface area contributed by atoms with Gasteiger partial charge in [0.2, 0.25) is 5.95 Å². The highest BCUT2D eigenvalue weighted by atomic mass is 32.2. The highest BCUT2D eigenvalue weighted by molar-refractivity contribution is 7.99. The molecule has 3 nitrogen and oxygen atoms in total. The lowest BCUT2D eigenvalue weighted by atomic mass is 10.1. The van der Waals surface area contributed by atoms with Crippen molar-refractivity contribution in [1.29, 1.82) is 0 Å². The lowest BCUT2D eigenvalue weighted by Gasteiger charge is -2.20. The molecule has 0 bridgehead atoms. The van der Waals surface area contributed by atoms with E-state index >= 15 is 0 Å². The van der Waals surface area contributed by atoms with Gasteiger partial charge in [0, 0.05) is 28.7 Å². The lowest BCUT2D eigenvalue weighted by molar-refractivity contribution is 0.623.